The van der Waals surface area contributed by atoms with Crippen LogP contribution in [0.4, 0.5) is 13.2 Å². The highest BCUT2D eigenvalue weighted by atomic mass is 79.9. The van der Waals surface area contributed by atoms with Crippen LogP contribution in [0.2, 0.25) is 0 Å². The van der Waals surface area contributed by atoms with Crippen LogP contribution in [0.3, 0.4) is 0 Å². The van der Waals surface area contributed by atoms with Crippen molar-refractivity contribution in [2.45, 2.75) is 18.0 Å². The first-order valence-corrected chi connectivity index (χ1v) is 5.86. The van der Waals surface area contributed by atoms with E-state index in [9.17, 15) is 13.2 Å². The summed E-state index contributed by atoms with van der Waals surface area (Å²) in [5, 5.41) is 3.97. The van der Waals surface area contributed by atoms with E-state index in [1.165, 1.54) is 6.07 Å². The van der Waals surface area contributed by atoms with Gasteiger partial charge in [-0.15, -0.1) is 5.10 Å². The lowest BCUT2D eigenvalue weighted by Crippen LogP contribution is -2.30. The molecule has 0 aliphatic carbocycles. The third-order valence-electron chi connectivity index (χ3n) is 2.20. The van der Waals surface area contributed by atoms with Crippen LogP contribution in [0.25, 0.3) is 0 Å². The standard InChI is InChI=1S/C10H8BrF3N2O/c11-4-6-2-1-5(3-7(6)12)9-15-16-10(17-9)8(13)14/h1-3,8,10,16H,4H2. The number of hydrogen-bond donors (Lipinski definition) is 1. The van der Waals surface area contributed by atoms with E-state index in [2.05, 4.69) is 26.5 Å². The van der Waals surface area contributed by atoms with Crippen molar-refractivity contribution in [2.24, 2.45) is 5.10 Å². The molecule has 1 aliphatic rings. The van der Waals surface area contributed by atoms with E-state index in [1.54, 1.807) is 12.1 Å². The quantitative estimate of drug-likeness (QED) is 0.871. The van der Waals surface area contributed by atoms with E-state index in [1.807, 2.05) is 0 Å². The minimum Gasteiger partial charge on any atom is -0.445 e. The lowest BCUT2D eigenvalue weighted by atomic mass is 10.1. The van der Waals surface area contributed by atoms with E-state index < -0.39 is 18.5 Å². The van der Waals surface area contributed by atoms with Crippen molar-refractivity contribution < 1.29 is 17.9 Å². The molecule has 0 fully saturated rings. The molecule has 2 rings (SSSR count). The van der Waals surface area contributed by atoms with Gasteiger partial charge in [-0.3, -0.25) is 5.43 Å². The molecule has 1 N–H and O–H groups in total. The van der Waals surface area contributed by atoms with Crippen LogP contribution < -0.4 is 5.43 Å². The molecular weight excluding hydrogens is 301 g/mol. The number of hydrazone groups is 1. The number of halogens is 4. The fourth-order valence-electron chi connectivity index (χ4n) is 1.32. The number of nitrogens with one attached hydrogen (secondary N) is 1. The predicted molar refractivity (Wildman–Crippen MR) is 59.6 cm³/mol. The van der Waals surface area contributed by atoms with Crippen molar-refractivity contribution >= 4 is 21.8 Å². The first-order valence-electron chi connectivity index (χ1n) is 4.74. The number of rotatable bonds is 3. The maximum atomic E-state index is 13.5. The molecule has 0 saturated carbocycles. The van der Waals surface area contributed by atoms with Gasteiger partial charge in [0.05, 0.1) is 0 Å². The molecule has 7 heteroatoms. The summed E-state index contributed by atoms with van der Waals surface area (Å²) in [5.41, 5.74) is 2.94. The van der Waals surface area contributed by atoms with E-state index in [0.29, 0.717) is 16.5 Å². The molecule has 0 amide bonds. The lowest BCUT2D eigenvalue weighted by molar-refractivity contribution is 0.000584. The molecule has 0 radical (unpaired) electrons. The number of alkyl halides is 3. The summed E-state index contributed by atoms with van der Waals surface area (Å²) < 4.78 is 42.9. The molecule has 0 bridgehead atoms. The number of nitrogens with zero attached hydrogens (tertiary/aromatic N) is 1. The number of ether oxygens (including phenoxy) is 1. The van der Waals surface area contributed by atoms with E-state index >= 15 is 0 Å². The van der Waals surface area contributed by atoms with Gasteiger partial charge in [0.25, 0.3) is 6.43 Å². The molecule has 3 nitrogen and oxygen atoms in total. The number of benzene rings is 1. The predicted octanol–water partition coefficient (Wildman–Crippen LogP) is 2.59. The zero-order valence-electron chi connectivity index (χ0n) is 8.46. The van der Waals surface area contributed by atoms with Gasteiger partial charge in [-0.25, -0.2) is 13.2 Å². The molecule has 1 atom stereocenters. The van der Waals surface area contributed by atoms with E-state index in [4.69, 9.17) is 4.74 Å². The highest BCUT2D eigenvalue weighted by molar-refractivity contribution is 9.08. The van der Waals surface area contributed by atoms with Crippen LogP contribution in [0, 0.1) is 5.82 Å². The Bertz CT molecular complexity index is 453. The van der Waals surface area contributed by atoms with Gasteiger partial charge in [0.1, 0.15) is 5.82 Å². The Kier molecular flexibility index (Phi) is 3.56. The number of hydrogen-bond acceptors (Lipinski definition) is 3. The van der Waals surface area contributed by atoms with Gasteiger partial charge in [0.2, 0.25) is 12.1 Å². The van der Waals surface area contributed by atoms with Crippen molar-refractivity contribution in [1.29, 1.82) is 0 Å². The molecule has 1 aliphatic heterocycles. The van der Waals surface area contributed by atoms with Gasteiger partial charge in [-0.1, -0.05) is 22.0 Å². The molecule has 17 heavy (non-hydrogen) atoms. The Morgan fingerprint density at radius 1 is 1.47 bits per heavy atom. The molecule has 1 aromatic carbocycles. The highest BCUT2D eigenvalue weighted by Gasteiger charge is 2.28. The Hall–Kier alpha value is -1.24. The minimum absolute atomic E-state index is 0.0321. The van der Waals surface area contributed by atoms with Crippen molar-refractivity contribution in [2.75, 3.05) is 0 Å². The van der Waals surface area contributed by atoms with Crippen LogP contribution in [-0.2, 0) is 10.1 Å². The Morgan fingerprint density at radius 3 is 2.76 bits per heavy atom. The maximum Gasteiger partial charge on any atom is 0.294 e. The molecule has 0 spiro atoms. The SMILES string of the molecule is Fc1cc(C2=NNC(C(F)F)O2)ccc1CBr. The van der Waals surface area contributed by atoms with Gasteiger partial charge in [-0.05, 0) is 17.7 Å². The summed E-state index contributed by atoms with van der Waals surface area (Å²) in [6.07, 6.45) is -4.16. The summed E-state index contributed by atoms with van der Waals surface area (Å²) in [5.74, 6) is -0.471. The van der Waals surface area contributed by atoms with Gasteiger partial charge in [-0.2, -0.15) is 0 Å². The third kappa shape index (κ3) is 2.54. The van der Waals surface area contributed by atoms with Gasteiger partial charge < -0.3 is 4.74 Å². The van der Waals surface area contributed by atoms with Crippen LogP contribution in [-0.4, -0.2) is 18.6 Å². The molecule has 1 aromatic rings. The molecule has 92 valence electrons. The smallest absolute Gasteiger partial charge is 0.294 e. The van der Waals surface area contributed by atoms with E-state index in [-0.39, 0.29) is 5.90 Å². The second kappa shape index (κ2) is 4.95. The first kappa shape index (κ1) is 12.2. The third-order valence-corrected chi connectivity index (χ3v) is 2.81. The molecular formula is C10H8BrF3N2O. The highest BCUT2D eigenvalue weighted by Crippen LogP contribution is 2.18. The van der Waals surface area contributed by atoms with Gasteiger partial charge in [0.15, 0.2) is 0 Å². The van der Waals surface area contributed by atoms with E-state index in [0.717, 1.165) is 0 Å². The van der Waals surface area contributed by atoms with Crippen molar-refractivity contribution in [3.8, 4) is 0 Å². The Morgan fingerprint density at radius 2 is 2.24 bits per heavy atom. The topological polar surface area (TPSA) is 33.6 Å². The molecule has 0 saturated heterocycles. The monoisotopic (exact) mass is 308 g/mol. The maximum absolute atomic E-state index is 13.5. The van der Waals surface area contributed by atoms with Crippen molar-refractivity contribution in [1.82, 2.24) is 5.43 Å². The van der Waals surface area contributed by atoms with Crippen LogP contribution >= 0.6 is 15.9 Å². The summed E-state index contributed by atoms with van der Waals surface area (Å²) >= 11 is 3.13. The summed E-state index contributed by atoms with van der Waals surface area (Å²) in [4.78, 5) is 0. The molecule has 1 heterocycles. The largest absolute Gasteiger partial charge is 0.445 e. The van der Waals surface area contributed by atoms with Crippen LogP contribution in [0.5, 0.6) is 0 Å². The van der Waals surface area contributed by atoms with Crippen molar-refractivity contribution in [3.63, 3.8) is 0 Å². The second-order valence-corrected chi connectivity index (χ2v) is 3.92. The van der Waals surface area contributed by atoms with Gasteiger partial charge >= 0.3 is 0 Å². The zero-order valence-corrected chi connectivity index (χ0v) is 10.0. The van der Waals surface area contributed by atoms with Crippen LogP contribution in [0.15, 0.2) is 23.3 Å². The Labute approximate surface area is 104 Å². The summed E-state index contributed by atoms with van der Waals surface area (Å²) in [6.45, 7) is 0. The lowest BCUT2D eigenvalue weighted by Gasteiger charge is -2.09. The first-order chi connectivity index (χ1) is 8.11. The average molecular weight is 309 g/mol. The summed E-state index contributed by atoms with van der Waals surface area (Å²) in [7, 11) is 0. The summed E-state index contributed by atoms with van der Waals surface area (Å²) in [6, 6.07) is 4.31. The van der Waals surface area contributed by atoms with Crippen LogP contribution in [0.1, 0.15) is 11.1 Å². The van der Waals surface area contributed by atoms with Crippen molar-refractivity contribution in [3.05, 3.63) is 35.1 Å². The van der Waals surface area contributed by atoms with Gasteiger partial charge in [0, 0.05) is 10.9 Å². The second-order valence-electron chi connectivity index (χ2n) is 3.36. The fraction of sp³-hybridized carbons (Fsp3) is 0.300. The average Bonchev–Trinajstić information content (AvgIpc) is 2.78. The normalized spacial score (nSPS) is 18.9. The molecule has 1 unspecified atom stereocenters. The molecule has 0 aromatic heterocycles. The fourth-order valence-corrected chi connectivity index (χ4v) is 1.78. The zero-order chi connectivity index (χ0) is 12.4. The minimum atomic E-state index is -2.69. The Balaban J connectivity index is 2.17.